The van der Waals surface area contributed by atoms with E-state index in [0.717, 1.165) is 10.8 Å². The molecule has 2 N–H and O–H groups in total. The number of benzene rings is 1. The summed E-state index contributed by atoms with van der Waals surface area (Å²) in [6, 6.07) is 9.72. The second-order valence-electron chi connectivity index (χ2n) is 3.91. The van der Waals surface area contributed by atoms with Crippen molar-refractivity contribution in [3.8, 4) is 0 Å². The van der Waals surface area contributed by atoms with E-state index in [2.05, 4.69) is 0 Å². The van der Waals surface area contributed by atoms with Gasteiger partial charge in [-0.05, 0) is 23.4 Å². The fourth-order valence-electron chi connectivity index (χ4n) is 1.81. The minimum absolute atomic E-state index is 0.0127. The van der Waals surface area contributed by atoms with E-state index in [1.54, 1.807) is 23.9 Å². The van der Waals surface area contributed by atoms with Crippen molar-refractivity contribution in [2.75, 3.05) is 6.61 Å². The highest BCUT2D eigenvalue weighted by Gasteiger charge is 2.21. The van der Waals surface area contributed by atoms with Crippen LogP contribution >= 0.6 is 0 Å². The molecule has 0 saturated heterocycles. The lowest BCUT2D eigenvalue weighted by molar-refractivity contribution is -0.577. The first-order valence-corrected chi connectivity index (χ1v) is 6.28. The molecule has 0 fully saturated rings. The van der Waals surface area contributed by atoms with Crippen LogP contribution in [0.2, 0.25) is 0 Å². The summed E-state index contributed by atoms with van der Waals surface area (Å²) in [5.41, 5.74) is 5.79. The molecule has 0 spiro atoms. The third-order valence-electron chi connectivity index (χ3n) is 2.65. The van der Waals surface area contributed by atoms with Gasteiger partial charge in [0.25, 0.3) is 5.70 Å². The molecule has 0 atom stereocenters. The maximum absolute atomic E-state index is 11.9. The van der Waals surface area contributed by atoms with Crippen molar-refractivity contribution >= 4 is 35.1 Å². The summed E-state index contributed by atoms with van der Waals surface area (Å²) in [5, 5.41) is 2.08. The van der Waals surface area contributed by atoms with Crippen LogP contribution < -0.4 is 10.3 Å². The highest BCUT2D eigenvalue weighted by atomic mass is 32.1. The van der Waals surface area contributed by atoms with Crippen molar-refractivity contribution in [3.05, 3.63) is 47.8 Å². The number of aromatic nitrogens is 1. The Balaban J connectivity index is 2.52. The zero-order valence-corrected chi connectivity index (χ0v) is 11.3. The van der Waals surface area contributed by atoms with Gasteiger partial charge in [0.15, 0.2) is 12.4 Å². The Morgan fingerprint density at radius 1 is 1.32 bits per heavy atom. The van der Waals surface area contributed by atoms with E-state index in [1.807, 2.05) is 30.3 Å². The Labute approximate surface area is 116 Å². The lowest BCUT2D eigenvalue weighted by Crippen LogP contribution is -2.38. The van der Waals surface area contributed by atoms with Crippen molar-refractivity contribution < 1.29 is 14.1 Å². The Morgan fingerprint density at radius 3 is 2.63 bits per heavy atom. The Hall–Kier alpha value is -2.14. The number of pyridine rings is 1. The fraction of sp³-hybridized carbons (Fsp3) is 0.143. The highest BCUT2D eigenvalue weighted by molar-refractivity contribution is 7.63. The molecule has 0 aliphatic carbocycles. The summed E-state index contributed by atoms with van der Waals surface area (Å²) < 4.78 is 6.57. The largest absolute Gasteiger partial charge is 0.756 e. The molecule has 0 radical (unpaired) electrons. The van der Waals surface area contributed by atoms with Gasteiger partial charge in [0, 0.05) is 11.5 Å². The van der Waals surface area contributed by atoms with Crippen LogP contribution in [-0.4, -0.2) is 12.6 Å². The predicted octanol–water partition coefficient (Wildman–Crippen LogP) is 1.32. The summed E-state index contributed by atoms with van der Waals surface area (Å²) >= 11 is 4.93. The first kappa shape index (κ1) is 13.3. The molecule has 1 aromatic heterocycles. The number of fused-ring (bicyclic) bond motifs is 1. The van der Waals surface area contributed by atoms with Gasteiger partial charge in [0.05, 0.1) is 6.61 Å². The number of ether oxygens (including phenoxy) is 1. The lowest BCUT2D eigenvalue weighted by atomic mass is 10.2. The number of carbonyl (C=O) groups excluding carboxylic acids is 1. The first-order chi connectivity index (χ1) is 9.13. The average molecular weight is 274 g/mol. The predicted molar refractivity (Wildman–Crippen MR) is 75.5 cm³/mol. The van der Waals surface area contributed by atoms with Crippen LogP contribution in [0.5, 0.6) is 0 Å². The van der Waals surface area contributed by atoms with Crippen molar-refractivity contribution in [3.63, 3.8) is 0 Å². The van der Waals surface area contributed by atoms with E-state index in [-0.39, 0.29) is 17.3 Å². The molecule has 0 amide bonds. The fourth-order valence-corrected chi connectivity index (χ4v) is 1.99. The number of carbonyl (C=O) groups is 1. The highest BCUT2D eigenvalue weighted by Crippen LogP contribution is 2.11. The number of esters is 1. The summed E-state index contributed by atoms with van der Waals surface area (Å²) in [6.45, 7) is 2.01. The van der Waals surface area contributed by atoms with Gasteiger partial charge in [0.1, 0.15) is 0 Å². The second kappa shape index (κ2) is 5.67. The minimum atomic E-state index is -0.518. The summed E-state index contributed by atoms with van der Waals surface area (Å²) in [7, 11) is 0. The Kier molecular flexibility index (Phi) is 3.97. The molecule has 2 aromatic rings. The number of nitrogens with two attached hydrogens (primary N) is 1. The van der Waals surface area contributed by atoms with Gasteiger partial charge in [-0.15, -0.1) is 0 Å². The molecule has 4 nitrogen and oxygen atoms in total. The van der Waals surface area contributed by atoms with E-state index in [9.17, 15) is 4.79 Å². The smallest absolute Gasteiger partial charge is 0.404 e. The summed E-state index contributed by atoms with van der Waals surface area (Å²) in [5.74, 6) is -0.518. The van der Waals surface area contributed by atoms with Gasteiger partial charge in [-0.25, -0.2) is 4.79 Å². The van der Waals surface area contributed by atoms with Crippen LogP contribution in [-0.2, 0) is 22.2 Å². The van der Waals surface area contributed by atoms with E-state index in [0.29, 0.717) is 0 Å². The topological polar surface area (TPSA) is 56.2 Å². The van der Waals surface area contributed by atoms with E-state index < -0.39 is 5.97 Å². The average Bonchev–Trinajstić information content (AvgIpc) is 2.38. The molecule has 1 aromatic carbocycles. The van der Waals surface area contributed by atoms with Crippen LogP contribution in [0.1, 0.15) is 6.92 Å². The van der Waals surface area contributed by atoms with Crippen LogP contribution in [0, 0.1) is 0 Å². The lowest BCUT2D eigenvalue weighted by Gasteiger charge is -2.09. The van der Waals surface area contributed by atoms with Gasteiger partial charge in [-0.3, -0.25) is 0 Å². The molecule has 0 saturated carbocycles. The SMILES string of the molecule is CCOC(=O)/C(=C(/N)[S-])[n+]1ccc2ccccc2c1. The molecule has 5 heteroatoms. The Bertz CT molecular complexity index is 649. The molecular formula is C14H14N2O2S. The van der Waals surface area contributed by atoms with Crippen LogP contribution in [0.15, 0.2) is 47.8 Å². The number of hydrogen-bond acceptors (Lipinski definition) is 4. The van der Waals surface area contributed by atoms with Crippen molar-refractivity contribution in [2.45, 2.75) is 6.92 Å². The summed E-state index contributed by atoms with van der Waals surface area (Å²) in [4.78, 5) is 11.9. The molecular weight excluding hydrogens is 260 g/mol. The first-order valence-electron chi connectivity index (χ1n) is 5.87. The van der Waals surface area contributed by atoms with Crippen LogP contribution in [0.25, 0.3) is 16.5 Å². The second-order valence-corrected chi connectivity index (χ2v) is 4.35. The van der Waals surface area contributed by atoms with Crippen molar-refractivity contribution in [1.82, 2.24) is 0 Å². The normalized spacial score (nSPS) is 12.1. The van der Waals surface area contributed by atoms with Crippen LogP contribution in [0.4, 0.5) is 0 Å². The van der Waals surface area contributed by atoms with E-state index >= 15 is 0 Å². The molecule has 0 aliphatic rings. The minimum Gasteiger partial charge on any atom is -0.756 e. The zero-order valence-electron chi connectivity index (χ0n) is 10.5. The van der Waals surface area contributed by atoms with Gasteiger partial charge >= 0.3 is 5.97 Å². The molecule has 0 aliphatic heterocycles. The quantitative estimate of drug-likeness (QED) is 0.397. The van der Waals surface area contributed by atoms with Gasteiger partial charge in [0.2, 0.25) is 0 Å². The maximum Gasteiger partial charge on any atom is 0.404 e. The van der Waals surface area contributed by atoms with Crippen molar-refractivity contribution in [2.24, 2.45) is 5.73 Å². The Morgan fingerprint density at radius 2 is 2.00 bits per heavy atom. The zero-order chi connectivity index (χ0) is 13.8. The molecule has 1 heterocycles. The number of hydrogen-bond donors (Lipinski definition) is 1. The van der Waals surface area contributed by atoms with Crippen molar-refractivity contribution in [1.29, 1.82) is 0 Å². The molecule has 98 valence electrons. The third kappa shape index (κ3) is 2.82. The monoisotopic (exact) mass is 274 g/mol. The number of rotatable bonds is 3. The van der Waals surface area contributed by atoms with Gasteiger partial charge in [-0.1, -0.05) is 18.2 Å². The summed E-state index contributed by atoms with van der Waals surface area (Å²) in [6.07, 6.45) is 3.55. The molecule has 2 rings (SSSR count). The van der Waals surface area contributed by atoms with Gasteiger partial charge < -0.3 is 23.1 Å². The van der Waals surface area contributed by atoms with E-state index in [4.69, 9.17) is 23.1 Å². The van der Waals surface area contributed by atoms with Gasteiger partial charge in [-0.2, -0.15) is 4.57 Å². The molecule has 0 bridgehead atoms. The van der Waals surface area contributed by atoms with Crippen LogP contribution in [0.3, 0.4) is 0 Å². The standard InChI is InChI=1S/C14H14N2O2S/c1-2-18-14(17)12(13(15)19)16-8-7-10-5-3-4-6-11(10)9-16/h3-9H,2H2,1H3,(H2-,15,17,19). The molecule has 19 heavy (non-hydrogen) atoms. The number of nitrogens with zero attached hydrogens (tertiary/aromatic N) is 1. The van der Waals surface area contributed by atoms with E-state index in [1.165, 1.54) is 0 Å². The third-order valence-corrected chi connectivity index (χ3v) is 2.84. The maximum atomic E-state index is 11.9. The molecule has 0 unspecified atom stereocenters.